The molecule has 4 aromatic rings. The fourth-order valence-corrected chi connectivity index (χ4v) is 4.04. The lowest BCUT2D eigenvalue weighted by atomic mass is 10.1. The van der Waals surface area contributed by atoms with Gasteiger partial charge >= 0.3 is 0 Å². The third-order valence-corrected chi connectivity index (χ3v) is 5.42. The van der Waals surface area contributed by atoms with Crippen LogP contribution < -0.4 is 0 Å². The summed E-state index contributed by atoms with van der Waals surface area (Å²) < 4.78 is 2.27. The molecule has 144 valence electrons. The molecule has 3 aromatic heterocycles. The summed E-state index contributed by atoms with van der Waals surface area (Å²) in [6, 6.07) is 8.59. The van der Waals surface area contributed by atoms with Gasteiger partial charge in [0.2, 0.25) is 0 Å². The van der Waals surface area contributed by atoms with Crippen LogP contribution in [0.1, 0.15) is 16.8 Å². The molecule has 0 unspecified atom stereocenters. The van der Waals surface area contributed by atoms with Crippen molar-refractivity contribution in [3.63, 3.8) is 0 Å². The Labute approximate surface area is 169 Å². The number of para-hydroxylation sites is 1. The molecule has 1 aliphatic heterocycles. The van der Waals surface area contributed by atoms with Gasteiger partial charge in [-0.1, -0.05) is 24.3 Å². The Morgan fingerprint density at radius 2 is 1.97 bits per heavy atom. The summed E-state index contributed by atoms with van der Waals surface area (Å²) in [6.07, 6.45) is 12.1. The fraction of sp³-hybridized carbons (Fsp3) is 0.217. The second kappa shape index (κ2) is 7.56. The zero-order valence-electron chi connectivity index (χ0n) is 16.2. The van der Waals surface area contributed by atoms with E-state index in [1.165, 1.54) is 28.4 Å². The Hall–Kier alpha value is -3.38. The summed E-state index contributed by atoms with van der Waals surface area (Å²) in [5.74, 6) is 0.699. The van der Waals surface area contributed by atoms with Crippen molar-refractivity contribution < 1.29 is 0 Å². The summed E-state index contributed by atoms with van der Waals surface area (Å²) in [7, 11) is 0. The van der Waals surface area contributed by atoms with E-state index in [0.29, 0.717) is 5.82 Å². The molecule has 4 heterocycles. The van der Waals surface area contributed by atoms with Crippen molar-refractivity contribution in [1.29, 1.82) is 0 Å². The molecule has 0 saturated heterocycles. The van der Waals surface area contributed by atoms with E-state index in [2.05, 4.69) is 61.5 Å². The first-order valence-corrected chi connectivity index (χ1v) is 9.82. The van der Waals surface area contributed by atoms with E-state index < -0.39 is 0 Å². The number of rotatable bonds is 5. The molecule has 1 aromatic carbocycles. The Bertz CT molecular complexity index is 1160. The van der Waals surface area contributed by atoms with E-state index in [-0.39, 0.29) is 0 Å². The molecule has 0 radical (unpaired) electrons. The lowest BCUT2D eigenvalue weighted by Gasteiger charge is -2.27. The standard InChI is InChI=1S/C23H22N6/c1-2-8-29-15-19(20-5-3-4-6-22(20)29)14-28-9-7-21-18(13-28)12-26-23(27-21)17-10-24-16-25-11-17/h2-6,10-12,15-16H,1,7-9,13-14H2. The minimum Gasteiger partial charge on any atom is -0.343 e. The molecular weight excluding hydrogens is 360 g/mol. The maximum absolute atomic E-state index is 4.77. The first-order chi connectivity index (χ1) is 14.3. The normalized spacial score (nSPS) is 14.1. The maximum Gasteiger partial charge on any atom is 0.162 e. The van der Waals surface area contributed by atoms with Gasteiger partial charge in [0.05, 0.1) is 11.3 Å². The van der Waals surface area contributed by atoms with Crippen molar-refractivity contribution in [2.24, 2.45) is 0 Å². The van der Waals surface area contributed by atoms with Crippen LogP contribution in [-0.2, 0) is 26.1 Å². The lowest BCUT2D eigenvalue weighted by Crippen LogP contribution is -2.30. The van der Waals surface area contributed by atoms with Crippen molar-refractivity contribution >= 4 is 10.9 Å². The van der Waals surface area contributed by atoms with Gasteiger partial charge in [0.15, 0.2) is 5.82 Å². The molecule has 0 saturated carbocycles. The SMILES string of the molecule is C=CCn1cc(CN2CCc3nc(-c4cncnc4)ncc3C2)c2ccccc21. The topological polar surface area (TPSA) is 59.7 Å². The Balaban J connectivity index is 1.38. The maximum atomic E-state index is 4.77. The van der Waals surface area contributed by atoms with Gasteiger partial charge in [-0.2, -0.15) is 0 Å². The van der Waals surface area contributed by atoms with Gasteiger partial charge in [0.1, 0.15) is 6.33 Å². The number of aromatic nitrogens is 5. The zero-order chi connectivity index (χ0) is 19.6. The van der Waals surface area contributed by atoms with Crippen molar-refractivity contribution in [2.45, 2.75) is 26.1 Å². The zero-order valence-corrected chi connectivity index (χ0v) is 16.2. The van der Waals surface area contributed by atoms with Gasteiger partial charge in [-0.05, 0) is 11.6 Å². The highest BCUT2D eigenvalue weighted by atomic mass is 15.1. The van der Waals surface area contributed by atoms with E-state index in [1.807, 2.05) is 12.3 Å². The van der Waals surface area contributed by atoms with Crippen LogP contribution in [0, 0.1) is 0 Å². The van der Waals surface area contributed by atoms with E-state index in [4.69, 9.17) is 4.98 Å². The minimum atomic E-state index is 0.699. The Morgan fingerprint density at radius 1 is 1.10 bits per heavy atom. The minimum absolute atomic E-state index is 0.699. The molecule has 0 atom stereocenters. The highest BCUT2D eigenvalue weighted by Gasteiger charge is 2.20. The van der Waals surface area contributed by atoms with Crippen LogP contribution >= 0.6 is 0 Å². The Kier molecular flexibility index (Phi) is 4.62. The molecule has 0 fully saturated rings. The molecule has 29 heavy (non-hydrogen) atoms. The molecule has 5 rings (SSSR count). The number of allylic oxidation sites excluding steroid dienone is 1. The first kappa shape index (κ1) is 17.7. The molecule has 6 nitrogen and oxygen atoms in total. The predicted molar refractivity (Wildman–Crippen MR) is 113 cm³/mol. The summed E-state index contributed by atoms with van der Waals surface area (Å²) in [4.78, 5) is 19.9. The summed E-state index contributed by atoms with van der Waals surface area (Å²) in [5.41, 5.74) is 5.80. The first-order valence-electron chi connectivity index (χ1n) is 9.82. The number of hydrogen-bond acceptors (Lipinski definition) is 5. The van der Waals surface area contributed by atoms with Crippen LogP contribution in [0.15, 0.2) is 68.0 Å². The highest BCUT2D eigenvalue weighted by molar-refractivity contribution is 5.84. The van der Waals surface area contributed by atoms with Crippen LogP contribution in [0.3, 0.4) is 0 Å². The molecule has 0 aliphatic carbocycles. The van der Waals surface area contributed by atoms with Gasteiger partial charge in [-0.25, -0.2) is 19.9 Å². The predicted octanol–water partition coefficient (Wildman–Crippen LogP) is 3.63. The van der Waals surface area contributed by atoms with Gasteiger partial charge in [-0.15, -0.1) is 6.58 Å². The third-order valence-electron chi connectivity index (χ3n) is 5.42. The van der Waals surface area contributed by atoms with E-state index in [0.717, 1.165) is 43.9 Å². The molecule has 0 N–H and O–H groups in total. The fourth-order valence-electron chi connectivity index (χ4n) is 4.04. The molecule has 0 bridgehead atoms. The number of hydrogen-bond donors (Lipinski definition) is 0. The van der Waals surface area contributed by atoms with Crippen molar-refractivity contribution in [3.8, 4) is 11.4 Å². The van der Waals surface area contributed by atoms with Gasteiger partial charge in [0.25, 0.3) is 0 Å². The lowest BCUT2D eigenvalue weighted by molar-refractivity contribution is 0.243. The van der Waals surface area contributed by atoms with E-state index in [9.17, 15) is 0 Å². The van der Waals surface area contributed by atoms with Crippen molar-refractivity contribution in [3.05, 3.63) is 84.9 Å². The molecule has 1 aliphatic rings. The summed E-state index contributed by atoms with van der Waals surface area (Å²) >= 11 is 0. The van der Waals surface area contributed by atoms with Gasteiger partial charge < -0.3 is 4.57 Å². The summed E-state index contributed by atoms with van der Waals surface area (Å²) in [6.45, 7) is 7.47. The number of benzene rings is 1. The Morgan fingerprint density at radius 3 is 2.83 bits per heavy atom. The number of nitrogens with zero attached hydrogens (tertiary/aromatic N) is 6. The monoisotopic (exact) mass is 382 g/mol. The van der Waals surface area contributed by atoms with Crippen molar-refractivity contribution in [2.75, 3.05) is 6.54 Å². The van der Waals surface area contributed by atoms with Crippen LogP contribution in [0.25, 0.3) is 22.3 Å². The molecule has 6 heteroatoms. The second-order valence-electron chi connectivity index (χ2n) is 7.37. The van der Waals surface area contributed by atoms with E-state index >= 15 is 0 Å². The smallest absolute Gasteiger partial charge is 0.162 e. The molecule has 0 amide bonds. The van der Waals surface area contributed by atoms with E-state index in [1.54, 1.807) is 12.4 Å². The average Bonchev–Trinajstić information content (AvgIpc) is 3.12. The molecule has 0 spiro atoms. The highest BCUT2D eigenvalue weighted by Crippen LogP contribution is 2.26. The van der Waals surface area contributed by atoms with Crippen LogP contribution in [0.4, 0.5) is 0 Å². The van der Waals surface area contributed by atoms with Gasteiger partial charge in [0, 0.05) is 73.9 Å². The quantitative estimate of drug-likeness (QED) is 0.493. The second-order valence-corrected chi connectivity index (χ2v) is 7.37. The third kappa shape index (κ3) is 3.43. The average molecular weight is 382 g/mol. The van der Waals surface area contributed by atoms with Crippen LogP contribution in [0.2, 0.25) is 0 Å². The van der Waals surface area contributed by atoms with Gasteiger partial charge in [-0.3, -0.25) is 4.90 Å². The van der Waals surface area contributed by atoms with Crippen LogP contribution in [-0.4, -0.2) is 35.9 Å². The van der Waals surface area contributed by atoms with Crippen molar-refractivity contribution in [1.82, 2.24) is 29.4 Å². The molecular formula is C23H22N6. The number of fused-ring (bicyclic) bond motifs is 2. The van der Waals surface area contributed by atoms with Crippen LogP contribution in [0.5, 0.6) is 0 Å². The largest absolute Gasteiger partial charge is 0.343 e. The summed E-state index contributed by atoms with van der Waals surface area (Å²) in [5, 5.41) is 1.32.